The van der Waals surface area contributed by atoms with E-state index in [0.29, 0.717) is 5.82 Å². The molecule has 2 atom stereocenters. The van der Waals surface area contributed by atoms with E-state index < -0.39 is 0 Å². The van der Waals surface area contributed by atoms with Gasteiger partial charge in [-0.3, -0.25) is 4.90 Å². The molecule has 4 heteroatoms. The van der Waals surface area contributed by atoms with Crippen LogP contribution < -0.4 is 11.1 Å². The summed E-state index contributed by atoms with van der Waals surface area (Å²) in [6.45, 7) is 14.3. The second-order valence-electron chi connectivity index (χ2n) is 5.75. The molecule has 3 N–H and O–H groups in total. The highest BCUT2D eigenvalue weighted by Gasteiger charge is 2.38. The lowest BCUT2D eigenvalue weighted by atomic mass is 9.82. The molecule has 1 aromatic heterocycles. The van der Waals surface area contributed by atoms with E-state index in [9.17, 15) is 0 Å². The van der Waals surface area contributed by atoms with Crippen LogP contribution in [0.4, 0.5) is 5.82 Å². The van der Waals surface area contributed by atoms with Gasteiger partial charge in [0.1, 0.15) is 5.82 Å². The second-order valence-corrected chi connectivity index (χ2v) is 5.75. The second kappa shape index (κ2) is 8.35. The maximum atomic E-state index is 6.16. The average Bonchev–Trinajstić information content (AvgIpc) is 2.50. The zero-order valence-electron chi connectivity index (χ0n) is 14.3. The quantitative estimate of drug-likeness (QED) is 0.734. The molecule has 0 bridgehead atoms. The van der Waals surface area contributed by atoms with Crippen LogP contribution in [0.2, 0.25) is 0 Å². The maximum Gasteiger partial charge on any atom is 0.128 e. The van der Waals surface area contributed by atoms with E-state index in [1.165, 1.54) is 0 Å². The van der Waals surface area contributed by atoms with Crippen molar-refractivity contribution in [2.24, 2.45) is 0 Å². The Hall–Kier alpha value is -1.13. The molecular formula is C17H32N4. The van der Waals surface area contributed by atoms with Gasteiger partial charge in [-0.25, -0.2) is 4.98 Å². The van der Waals surface area contributed by atoms with Gasteiger partial charge < -0.3 is 11.1 Å². The van der Waals surface area contributed by atoms with Crippen molar-refractivity contribution in [3.8, 4) is 0 Å². The van der Waals surface area contributed by atoms with Gasteiger partial charge in [-0.15, -0.1) is 0 Å². The number of nitrogens with two attached hydrogens (primary N) is 1. The number of aromatic nitrogens is 1. The van der Waals surface area contributed by atoms with Crippen molar-refractivity contribution in [2.45, 2.75) is 59.0 Å². The molecule has 0 fully saturated rings. The Morgan fingerprint density at radius 3 is 2.43 bits per heavy atom. The van der Waals surface area contributed by atoms with Crippen LogP contribution in [0, 0.1) is 0 Å². The van der Waals surface area contributed by atoms with Crippen molar-refractivity contribution in [2.75, 3.05) is 25.4 Å². The molecule has 0 aliphatic carbocycles. The minimum Gasteiger partial charge on any atom is -0.383 e. The maximum absolute atomic E-state index is 6.16. The van der Waals surface area contributed by atoms with Crippen molar-refractivity contribution in [1.82, 2.24) is 15.2 Å². The van der Waals surface area contributed by atoms with Crippen LogP contribution in [0.25, 0.3) is 0 Å². The Bertz CT molecular complexity index is 417. The average molecular weight is 292 g/mol. The van der Waals surface area contributed by atoms with E-state index in [4.69, 9.17) is 5.73 Å². The number of hydrogen-bond donors (Lipinski definition) is 2. The summed E-state index contributed by atoms with van der Waals surface area (Å²) >= 11 is 0. The summed E-state index contributed by atoms with van der Waals surface area (Å²) in [4.78, 5) is 6.81. The third-order valence-electron chi connectivity index (χ3n) is 4.60. The summed E-state index contributed by atoms with van der Waals surface area (Å²) in [5.74, 6) is 0.637. The molecule has 21 heavy (non-hydrogen) atoms. The summed E-state index contributed by atoms with van der Waals surface area (Å²) in [5, 5.41) is 3.71. The number of hydrogen-bond acceptors (Lipinski definition) is 4. The molecule has 0 spiro atoms. The molecular weight excluding hydrogens is 260 g/mol. The molecule has 0 amide bonds. The first-order chi connectivity index (χ1) is 10.0. The van der Waals surface area contributed by atoms with Gasteiger partial charge in [0.05, 0.1) is 6.04 Å². The molecule has 4 nitrogen and oxygen atoms in total. The first kappa shape index (κ1) is 17.9. The van der Waals surface area contributed by atoms with Crippen LogP contribution in [0.5, 0.6) is 0 Å². The van der Waals surface area contributed by atoms with Gasteiger partial charge in [-0.1, -0.05) is 33.8 Å². The minimum absolute atomic E-state index is 0.0236. The summed E-state index contributed by atoms with van der Waals surface area (Å²) in [6.07, 6.45) is 3.93. The van der Waals surface area contributed by atoms with E-state index in [0.717, 1.165) is 38.0 Å². The molecule has 1 aromatic rings. The predicted molar refractivity (Wildman–Crippen MR) is 91.3 cm³/mol. The fourth-order valence-electron chi connectivity index (χ4n) is 3.18. The van der Waals surface area contributed by atoms with E-state index >= 15 is 0 Å². The largest absolute Gasteiger partial charge is 0.383 e. The van der Waals surface area contributed by atoms with Crippen LogP contribution in [-0.4, -0.2) is 35.1 Å². The highest BCUT2D eigenvalue weighted by atomic mass is 15.2. The van der Waals surface area contributed by atoms with Crippen LogP contribution in [0.1, 0.15) is 59.1 Å². The monoisotopic (exact) mass is 292 g/mol. The molecule has 120 valence electrons. The highest BCUT2D eigenvalue weighted by Crippen LogP contribution is 2.36. The number of nitrogens with one attached hydrogen (secondary N) is 1. The van der Waals surface area contributed by atoms with E-state index in [2.05, 4.69) is 55.9 Å². The van der Waals surface area contributed by atoms with Crippen molar-refractivity contribution >= 4 is 5.82 Å². The lowest BCUT2D eigenvalue weighted by Crippen LogP contribution is -2.54. The lowest BCUT2D eigenvalue weighted by molar-refractivity contribution is 0.0700. The Balaban J connectivity index is 3.24. The fraction of sp³-hybridized carbons (Fsp3) is 0.706. The van der Waals surface area contributed by atoms with Crippen LogP contribution >= 0.6 is 0 Å². The summed E-state index contributed by atoms with van der Waals surface area (Å²) in [6, 6.07) is 4.27. The van der Waals surface area contributed by atoms with Crippen molar-refractivity contribution in [3.05, 3.63) is 23.9 Å². The van der Waals surface area contributed by atoms with Gasteiger partial charge in [0.25, 0.3) is 0 Å². The molecule has 0 saturated heterocycles. The van der Waals surface area contributed by atoms with Gasteiger partial charge in [0, 0.05) is 17.3 Å². The van der Waals surface area contributed by atoms with Gasteiger partial charge >= 0.3 is 0 Å². The van der Waals surface area contributed by atoms with E-state index in [-0.39, 0.29) is 11.6 Å². The van der Waals surface area contributed by atoms with Crippen molar-refractivity contribution < 1.29 is 0 Å². The van der Waals surface area contributed by atoms with E-state index in [1.54, 1.807) is 6.20 Å². The topological polar surface area (TPSA) is 54.2 Å². The number of likely N-dealkylation sites (N-methyl/N-ethyl adjacent to an activating group) is 1. The van der Waals surface area contributed by atoms with Gasteiger partial charge in [-0.2, -0.15) is 0 Å². The van der Waals surface area contributed by atoms with Gasteiger partial charge in [0.2, 0.25) is 0 Å². The Labute approximate surface area is 130 Å². The number of nitrogen functional groups attached to an aromatic ring is 1. The zero-order chi connectivity index (χ0) is 15.9. The molecule has 1 heterocycles. The SMILES string of the molecule is CCCNC(c1cccnc1N)C(C)(CC)N(CC)CC. The number of nitrogens with zero attached hydrogens (tertiary/aromatic N) is 2. The molecule has 0 saturated carbocycles. The smallest absolute Gasteiger partial charge is 0.128 e. The molecule has 1 rings (SSSR count). The first-order valence-electron chi connectivity index (χ1n) is 8.23. The van der Waals surface area contributed by atoms with Crippen LogP contribution in [-0.2, 0) is 0 Å². The van der Waals surface area contributed by atoms with Gasteiger partial charge in [-0.05, 0) is 45.5 Å². The zero-order valence-corrected chi connectivity index (χ0v) is 14.3. The van der Waals surface area contributed by atoms with Crippen molar-refractivity contribution in [3.63, 3.8) is 0 Å². The summed E-state index contributed by atoms with van der Waals surface area (Å²) in [7, 11) is 0. The molecule has 0 aliphatic heterocycles. The van der Waals surface area contributed by atoms with Crippen molar-refractivity contribution in [1.29, 1.82) is 0 Å². The molecule has 0 radical (unpaired) electrons. The lowest BCUT2D eigenvalue weighted by Gasteiger charge is -2.46. The van der Waals surface area contributed by atoms with Crippen LogP contribution in [0.3, 0.4) is 0 Å². The van der Waals surface area contributed by atoms with Gasteiger partial charge in [0.15, 0.2) is 0 Å². The third-order valence-corrected chi connectivity index (χ3v) is 4.60. The normalized spacial score (nSPS) is 15.9. The Morgan fingerprint density at radius 1 is 1.29 bits per heavy atom. The molecule has 2 unspecified atom stereocenters. The molecule has 0 aromatic carbocycles. The predicted octanol–water partition coefficient (Wildman–Crippen LogP) is 3.22. The fourth-order valence-corrected chi connectivity index (χ4v) is 3.18. The number of pyridine rings is 1. The summed E-state index contributed by atoms with van der Waals surface area (Å²) in [5.41, 5.74) is 7.29. The molecule has 0 aliphatic rings. The third kappa shape index (κ3) is 3.95. The first-order valence-corrected chi connectivity index (χ1v) is 8.23. The number of rotatable bonds is 9. The Kier molecular flexibility index (Phi) is 7.12. The number of anilines is 1. The minimum atomic E-state index is 0.0236. The standard InChI is InChI=1S/C17H32N4/c1-6-12-19-15(14-11-10-13-20-16(14)18)17(5,7-2)21(8-3)9-4/h10-11,13,15,19H,6-9,12H2,1-5H3,(H2,18,20). The Morgan fingerprint density at radius 2 is 1.95 bits per heavy atom. The summed E-state index contributed by atoms with van der Waals surface area (Å²) < 4.78 is 0. The van der Waals surface area contributed by atoms with Crippen LogP contribution in [0.15, 0.2) is 18.3 Å². The van der Waals surface area contributed by atoms with E-state index in [1.807, 2.05) is 6.07 Å². The highest BCUT2D eigenvalue weighted by molar-refractivity contribution is 5.42.